The Morgan fingerprint density at radius 1 is 1.20 bits per heavy atom. The Bertz CT molecular complexity index is 448. The number of ether oxygens (including phenoxy) is 1. The van der Waals surface area contributed by atoms with Crippen LogP contribution in [-0.4, -0.2) is 31.0 Å². The second-order valence-electron chi connectivity index (χ2n) is 5.85. The molecule has 1 aromatic rings. The molecule has 0 spiro atoms. The van der Waals surface area contributed by atoms with Crippen LogP contribution < -0.4 is 4.74 Å². The molecule has 3 nitrogen and oxygen atoms in total. The highest BCUT2D eigenvalue weighted by molar-refractivity contribution is 5.94. The summed E-state index contributed by atoms with van der Waals surface area (Å²) < 4.78 is 18.6. The van der Waals surface area contributed by atoms with Gasteiger partial charge >= 0.3 is 0 Å². The number of nitrogens with zero attached hydrogens (tertiary/aromatic N) is 1. The van der Waals surface area contributed by atoms with Crippen LogP contribution in [0.5, 0.6) is 5.75 Å². The van der Waals surface area contributed by atoms with E-state index in [0.717, 1.165) is 0 Å². The molecule has 1 rings (SSSR count). The lowest BCUT2D eigenvalue weighted by Crippen LogP contribution is -2.37. The second-order valence-corrected chi connectivity index (χ2v) is 5.85. The highest BCUT2D eigenvalue weighted by atomic mass is 19.1. The van der Waals surface area contributed by atoms with Crippen molar-refractivity contribution in [3.05, 3.63) is 29.6 Å². The van der Waals surface area contributed by atoms with Crippen LogP contribution in [0.2, 0.25) is 0 Å². The number of methoxy groups -OCH3 is 1. The van der Waals surface area contributed by atoms with E-state index < -0.39 is 5.82 Å². The van der Waals surface area contributed by atoms with Gasteiger partial charge in [0.15, 0.2) is 11.6 Å². The van der Waals surface area contributed by atoms with E-state index in [4.69, 9.17) is 4.74 Å². The normalized spacial score (nSPS) is 11.0. The fraction of sp³-hybridized carbons (Fsp3) is 0.562. The third-order valence-electron chi connectivity index (χ3n) is 2.86. The molecule has 0 saturated heterocycles. The highest BCUT2D eigenvalue weighted by Crippen LogP contribution is 2.19. The summed E-state index contributed by atoms with van der Waals surface area (Å²) in [5.41, 5.74) is 0.365. The number of halogens is 1. The first-order valence-corrected chi connectivity index (χ1v) is 6.98. The van der Waals surface area contributed by atoms with E-state index in [9.17, 15) is 9.18 Å². The van der Waals surface area contributed by atoms with Crippen molar-refractivity contribution in [1.82, 2.24) is 4.90 Å². The largest absolute Gasteiger partial charge is 0.494 e. The molecule has 0 radical (unpaired) electrons. The molecule has 0 aliphatic carbocycles. The Balaban J connectivity index is 2.96. The van der Waals surface area contributed by atoms with Gasteiger partial charge in [0.2, 0.25) is 0 Å². The van der Waals surface area contributed by atoms with Gasteiger partial charge < -0.3 is 9.64 Å². The van der Waals surface area contributed by atoms with Crippen LogP contribution in [-0.2, 0) is 0 Å². The summed E-state index contributed by atoms with van der Waals surface area (Å²) in [6, 6.07) is 4.35. The lowest BCUT2D eigenvalue weighted by molar-refractivity contribution is 0.0714. The van der Waals surface area contributed by atoms with Crippen LogP contribution in [0.25, 0.3) is 0 Å². The molecule has 0 aliphatic rings. The molecular weight excluding hydrogens is 257 g/mol. The molecule has 0 N–H and O–H groups in total. The van der Waals surface area contributed by atoms with Gasteiger partial charge in [0.05, 0.1) is 7.11 Å². The van der Waals surface area contributed by atoms with Gasteiger partial charge in [-0.15, -0.1) is 0 Å². The molecule has 0 unspecified atom stereocenters. The number of amides is 1. The number of hydrogen-bond acceptors (Lipinski definition) is 2. The van der Waals surface area contributed by atoms with Gasteiger partial charge in [-0.1, -0.05) is 27.7 Å². The van der Waals surface area contributed by atoms with E-state index in [-0.39, 0.29) is 11.7 Å². The van der Waals surface area contributed by atoms with Gasteiger partial charge in [0.1, 0.15) is 0 Å². The van der Waals surface area contributed by atoms with E-state index in [1.54, 1.807) is 11.0 Å². The van der Waals surface area contributed by atoms with Crippen molar-refractivity contribution in [3.63, 3.8) is 0 Å². The maximum Gasteiger partial charge on any atom is 0.253 e. The van der Waals surface area contributed by atoms with Crippen LogP contribution in [0.15, 0.2) is 18.2 Å². The molecule has 0 atom stereocenters. The van der Waals surface area contributed by atoms with Crippen LogP contribution in [0.1, 0.15) is 38.1 Å². The van der Waals surface area contributed by atoms with Crippen molar-refractivity contribution in [2.24, 2.45) is 11.8 Å². The first-order chi connectivity index (χ1) is 9.35. The number of benzene rings is 1. The lowest BCUT2D eigenvalue weighted by Gasteiger charge is -2.26. The van der Waals surface area contributed by atoms with E-state index in [1.165, 1.54) is 19.2 Å². The molecule has 1 amide bonds. The second kappa shape index (κ2) is 7.27. The summed E-state index contributed by atoms with van der Waals surface area (Å²) >= 11 is 0. The van der Waals surface area contributed by atoms with Crippen molar-refractivity contribution in [2.75, 3.05) is 20.2 Å². The quantitative estimate of drug-likeness (QED) is 0.797. The predicted octanol–water partition coefficient (Wildman–Crippen LogP) is 3.59. The molecule has 1 aromatic carbocycles. The molecule has 0 heterocycles. The topological polar surface area (TPSA) is 29.5 Å². The molecule has 112 valence electrons. The zero-order chi connectivity index (χ0) is 15.3. The summed E-state index contributed by atoms with van der Waals surface area (Å²) in [5, 5.41) is 0. The Hall–Kier alpha value is -1.58. The molecule has 0 aromatic heterocycles. The third-order valence-corrected chi connectivity index (χ3v) is 2.86. The monoisotopic (exact) mass is 281 g/mol. The SMILES string of the molecule is COc1ccc(C(=O)N(CC(C)C)CC(C)C)cc1F. The first kappa shape index (κ1) is 16.5. The first-order valence-electron chi connectivity index (χ1n) is 6.98. The number of rotatable bonds is 6. The fourth-order valence-electron chi connectivity index (χ4n) is 2.10. The molecule has 0 saturated carbocycles. The average Bonchev–Trinajstić information content (AvgIpc) is 2.35. The van der Waals surface area contributed by atoms with Crippen LogP contribution in [0, 0.1) is 17.7 Å². The minimum Gasteiger partial charge on any atom is -0.494 e. The van der Waals surface area contributed by atoms with E-state index in [1.807, 2.05) is 0 Å². The standard InChI is InChI=1S/C16H24FNO2/c1-11(2)9-18(10-12(3)4)16(19)13-6-7-15(20-5)14(17)8-13/h6-8,11-12H,9-10H2,1-5H3. The van der Waals surface area contributed by atoms with Gasteiger partial charge in [-0.2, -0.15) is 0 Å². The summed E-state index contributed by atoms with van der Waals surface area (Å²) in [6.45, 7) is 9.60. The molecule has 0 fully saturated rings. The van der Waals surface area contributed by atoms with E-state index in [0.29, 0.717) is 30.5 Å². The minimum atomic E-state index is -0.507. The Kier molecular flexibility index (Phi) is 5.99. The lowest BCUT2D eigenvalue weighted by atomic mass is 10.1. The van der Waals surface area contributed by atoms with Gasteiger partial charge in [-0.25, -0.2) is 4.39 Å². The summed E-state index contributed by atoms with van der Waals surface area (Å²) in [4.78, 5) is 14.3. The number of carbonyl (C=O) groups excluding carboxylic acids is 1. The summed E-state index contributed by atoms with van der Waals surface area (Å²) in [5.74, 6) is 0.267. The minimum absolute atomic E-state index is 0.131. The van der Waals surface area contributed by atoms with Gasteiger partial charge in [-0.3, -0.25) is 4.79 Å². The highest BCUT2D eigenvalue weighted by Gasteiger charge is 2.19. The zero-order valence-electron chi connectivity index (χ0n) is 12.9. The van der Waals surface area contributed by atoms with Crippen molar-refractivity contribution in [1.29, 1.82) is 0 Å². The summed E-state index contributed by atoms with van der Waals surface area (Å²) in [6.07, 6.45) is 0. The maximum atomic E-state index is 13.7. The smallest absolute Gasteiger partial charge is 0.253 e. The molecular formula is C16H24FNO2. The molecule has 4 heteroatoms. The Morgan fingerprint density at radius 3 is 2.15 bits per heavy atom. The van der Waals surface area contributed by atoms with Crippen molar-refractivity contribution < 1.29 is 13.9 Å². The van der Waals surface area contributed by atoms with Crippen molar-refractivity contribution in [2.45, 2.75) is 27.7 Å². The van der Waals surface area contributed by atoms with Crippen LogP contribution >= 0.6 is 0 Å². The van der Waals surface area contributed by atoms with E-state index in [2.05, 4.69) is 27.7 Å². The Labute approximate surface area is 120 Å². The molecule has 0 aliphatic heterocycles. The van der Waals surface area contributed by atoms with Crippen LogP contribution in [0.4, 0.5) is 4.39 Å². The predicted molar refractivity (Wildman–Crippen MR) is 78.5 cm³/mol. The molecule has 0 bridgehead atoms. The molecule has 20 heavy (non-hydrogen) atoms. The average molecular weight is 281 g/mol. The maximum absolute atomic E-state index is 13.7. The van der Waals surface area contributed by atoms with Crippen molar-refractivity contribution >= 4 is 5.91 Å². The number of hydrogen-bond donors (Lipinski definition) is 0. The zero-order valence-corrected chi connectivity index (χ0v) is 12.9. The summed E-state index contributed by atoms with van der Waals surface area (Å²) in [7, 11) is 1.41. The van der Waals surface area contributed by atoms with Gasteiger partial charge in [0, 0.05) is 18.7 Å². The van der Waals surface area contributed by atoms with Gasteiger partial charge in [-0.05, 0) is 30.0 Å². The van der Waals surface area contributed by atoms with E-state index >= 15 is 0 Å². The number of carbonyl (C=O) groups is 1. The van der Waals surface area contributed by atoms with Crippen molar-refractivity contribution in [3.8, 4) is 5.75 Å². The fourth-order valence-corrected chi connectivity index (χ4v) is 2.10. The third kappa shape index (κ3) is 4.51. The van der Waals surface area contributed by atoms with Gasteiger partial charge in [0.25, 0.3) is 5.91 Å². The van der Waals surface area contributed by atoms with Crippen LogP contribution in [0.3, 0.4) is 0 Å². The Morgan fingerprint density at radius 2 is 1.75 bits per heavy atom.